The molecule has 0 unspecified atom stereocenters. The van der Waals surface area contributed by atoms with Crippen molar-refractivity contribution in [3.63, 3.8) is 0 Å². The minimum Gasteiger partial charge on any atom is -0.490 e. The molecule has 11 heteroatoms. The molecule has 3 amide bonds. The topological polar surface area (TPSA) is 84.9 Å². The van der Waals surface area contributed by atoms with Crippen molar-refractivity contribution >= 4 is 68.1 Å². The minimum absolute atomic E-state index is 0.0666. The van der Waals surface area contributed by atoms with Crippen LogP contribution in [0.15, 0.2) is 70.0 Å². The third-order valence-corrected chi connectivity index (χ3v) is 7.14. The van der Waals surface area contributed by atoms with Crippen LogP contribution >= 0.6 is 39.3 Å². The highest BCUT2D eigenvalue weighted by molar-refractivity contribution is 9.10. The second kappa shape index (κ2) is 12.5. The van der Waals surface area contributed by atoms with Crippen LogP contribution in [0.1, 0.15) is 18.1 Å². The van der Waals surface area contributed by atoms with Gasteiger partial charge in [0.2, 0.25) is 0 Å². The second-order valence-electron chi connectivity index (χ2n) is 7.93. The number of anilines is 1. The standard InChI is InChI=1S/C27H21BrClFN2O5S/c1-2-36-22-12-16(11-19(28)25(22)37-15-24(33)31-17-7-4-3-5-8-17)13-23-26(34)32(27(35)38-23)14-18-20(29)9-6-10-21(18)30/h3-13H,2,14-15H2,1H3,(H,31,33)/b23-13-. The van der Waals surface area contributed by atoms with E-state index in [4.69, 9.17) is 21.1 Å². The van der Waals surface area contributed by atoms with Crippen LogP contribution in [-0.4, -0.2) is 35.2 Å². The van der Waals surface area contributed by atoms with E-state index in [1.807, 2.05) is 18.2 Å². The van der Waals surface area contributed by atoms with E-state index in [0.717, 1.165) is 16.7 Å². The Labute approximate surface area is 236 Å². The fraction of sp³-hybridized carbons (Fsp3) is 0.148. The Morgan fingerprint density at radius 3 is 2.61 bits per heavy atom. The molecule has 0 saturated carbocycles. The largest absolute Gasteiger partial charge is 0.490 e. The Balaban J connectivity index is 1.51. The summed E-state index contributed by atoms with van der Waals surface area (Å²) >= 11 is 10.3. The molecule has 1 saturated heterocycles. The van der Waals surface area contributed by atoms with Gasteiger partial charge >= 0.3 is 0 Å². The lowest BCUT2D eigenvalue weighted by Crippen LogP contribution is -2.28. The van der Waals surface area contributed by atoms with E-state index in [-0.39, 0.29) is 34.6 Å². The summed E-state index contributed by atoms with van der Waals surface area (Å²) < 4.78 is 26.1. The predicted octanol–water partition coefficient (Wildman–Crippen LogP) is 6.89. The highest BCUT2D eigenvalue weighted by Crippen LogP contribution is 2.40. The number of hydrogen-bond donors (Lipinski definition) is 1. The maximum absolute atomic E-state index is 14.2. The summed E-state index contributed by atoms with van der Waals surface area (Å²) in [6.45, 7) is 1.58. The smallest absolute Gasteiger partial charge is 0.293 e. The average Bonchev–Trinajstić information content (AvgIpc) is 3.13. The predicted molar refractivity (Wildman–Crippen MR) is 149 cm³/mol. The van der Waals surface area contributed by atoms with Gasteiger partial charge in [-0.15, -0.1) is 0 Å². The Morgan fingerprint density at radius 2 is 1.89 bits per heavy atom. The molecule has 1 heterocycles. The first-order chi connectivity index (χ1) is 18.3. The number of benzene rings is 3. The molecule has 0 radical (unpaired) electrons. The fourth-order valence-electron chi connectivity index (χ4n) is 3.56. The van der Waals surface area contributed by atoms with Crippen LogP contribution in [0.2, 0.25) is 5.02 Å². The number of amides is 3. The third kappa shape index (κ3) is 6.56. The Hall–Kier alpha value is -3.34. The lowest BCUT2D eigenvalue weighted by atomic mass is 10.1. The van der Waals surface area contributed by atoms with Crippen LogP contribution in [0.4, 0.5) is 14.9 Å². The monoisotopic (exact) mass is 618 g/mol. The molecule has 0 aromatic heterocycles. The summed E-state index contributed by atoms with van der Waals surface area (Å²) in [5.41, 5.74) is 1.26. The number of para-hydroxylation sites is 1. The van der Waals surface area contributed by atoms with Gasteiger partial charge < -0.3 is 14.8 Å². The number of rotatable bonds is 9. The number of ether oxygens (including phenoxy) is 2. The molecular formula is C27H21BrClFN2O5S. The van der Waals surface area contributed by atoms with Crippen molar-refractivity contribution in [1.82, 2.24) is 4.90 Å². The first kappa shape index (κ1) is 27.7. The van der Waals surface area contributed by atoms with Gasteiger partial charge in [0.15, 0.2) is 18.1 Å². The van der Waals surface area contributed by atoms with Crippen molar-refractivity contribution in [2.24, 2.45) is 0 Å². The second-order valence-corrected chi connectivity index (χ2v) is 10.2. The van der Waals surface area contributed by atoms with Gasteiger partial charge in [0, 0.05) is 16.3 Å². The van der Waals surface area contributed by atoms with Gasteiger partial charge in [-0.05, 0) is 82.7 Å². The summed E-state index contributed by atoms with van der Waals surface area (Å²) in [4.78, 5) is 39.0. The van der Waals surface area contributed by atoms with Gasteiger partial charge in [0.1, 0.15) is 5.82 Å². The number of halogens is 3. The normalized spacial score (nSPS) is 14.2. The third-order valence-electron chi connectivity index (χ3n) is 5.29. The zero-order valence-electron chi connectivity index (χ0n) is 20.0. The van der Waals surface area contributed by atoms with Crippen molar-refractivity contribution in [3.05, 3.63) is 92.0 Å². The molecule has 196 valence electrons. The lowest BCUT2D eigenvalue weighted by molar-refractivity contribution is -0.123. The first-order valence-electron chi connectivity index (χ1n) is 11.4. The molecule has 38 heavy (non-hydrogen) atoms. The minimum atomic E-state index is -0.598. The van der Waals surface area contributed by atoms with Crippen LogP contribution < -0.4 is 14.8 Å². The van der Waals surface area contributed by atoms with Crippen LogP contribution in [0.3, 0.4) is 0 Å². The maximum atomic E-state index is 14.2. The van der Waals surface area contributed by atoms with Crippen LogP contribution in [-0.2, 0) is 16.1 Å². The van der Waals surface area contributed by atoms with E-state index < -0.39 is 17.0 Å². The number of carbonyl (C=O) groups excluding carboxylic acids is 3. The Kier molecular flexibility index (Phi) is 9.09. The zero-order valence-corrected chi connectivity index (χ0v) is 23.2. The molecule has 1 fully saturated rings. The number of imide groups is 1. The zero-order chi connectivity index (χ0) is 27.2. The van der Waals surface area contributed by atoms with Gasteiger partial charge in [-0.2, -0.15) is 0 Å². The molecule has 0 aliphatic carbocycles. The molecule has 4 rings (SSSR count). The molecule has 0 atom stereocenters. The van der Waals surface area contributed by atoms with E-state index in [1.54, 1.807) is 31.2 Å². The number of carbonyl (C=O) groups is 3. The summed E-state index contributed by atoms with van der Waals surface area (Å²) in [5.74, 6) is -0.851. The van der Waals surface area contributed by atoms with E-state index in [2.05, 4.69) is 21.2 Å². The number of nitrogens with one attached hydrogen (secondary N) is 1. The van der Waals surface area contributed by atoms with E-state index >= 15 is 0 Å². The summed E-state index contributed by atoms with van der Waals surface area (Å²) in [7, 11) is 0. The molecule has 0 bridgehead atoms. The first-order valence-corrected chi connectivity index (χ1v) is 13.4. The van der Waals surface area contributed by atoms with Gasteiger partial charge in [-0.25, -0.2) is 4.39 Å². The number of hydrogen-bond acceptors (Lipinski definition) is 6. The van der Waals surface area contributed by atoms with Crippen molar-refractivity contribution in [1.29, 1.82) is 0 Å². The van der Waals surface area contributed by atoms with Crippen LogP contribution in [0.5, 0.6) is 11.5 Å². The van der Waals surface area contributed by atoms with Crippen LogP contribution in [0.25, 0.3) is 6.08 Å². The highest BCUT2D eigenvalue weighted by Gasteiger charge is 2.36. The van der Waals surface area contributed by atoms with Crippen molar-refractivity contribution in [2.45, 2.75) is 13.5 Å². The number of thioether (sulfide) groups is 1. The summed E-state index contributed by atoms with van der Waals surface area (Å²) in [6.07, 6.45) is 1.53. The van der Waals surface area contributed by atoms with Gasteiger partial charge in [0.05, 0.1) is 22.5 Å². The Bertz CT molecular complexity index is 1400. The van der Waals surface area contributed by atoms with Crippen molar-refractivity contribution in [2.75, 3.05) is 18.5 Å². The fourth-order valence-corrected chi connectivity index (χ4v) is 5.19. The van der Waals surface area contributed by atoms with Crippen molar-refractivity contribution < 1.29 is 28.2 Å². The van der Waals surface area contributed by atoms with E-state index in [1.165, 1.54) is 24.3 Å². The summed E-state index contributed by atoms with van der Waals surface area (Å²) in [6, 6.07) is 16.5. The Morgan fingerprint density at radius 1 is 1.13 bits per heavy atom. The number of nitrogens with zero attached hydrogens (tertiary/aromatic N) is 1. The van der Waals surface area contributed by atoms with Gasteiger partial charge in [-0.1, -0.05) is 35.9 Å². The van der Waals surface area contributed by atoms with Gasteiger partial charge in [-0.3, -0.25) is 19.3 Å². The SMILES string of the molecule is CCOc1cc(/C=C2\SC(=O)N(Cc3c(F)cccc3Cl)C2=O)cc(Br)c1OCC(=O)Nc1ccccc1. The lowest BCUT2D eigenvalue weighted by Gasteiger charge is -2.15. The molecule has 3 aromatic carbocycles. The molecule has 1 N–H and O–H groups in total. The molecular weight excluding hydrogens is 599 g/mol. The highest BCUT2D eigenvalue weighted by atomic mass is 79.9. The van der Waals surface area contributed by atoms with Gasteiger partial charge in [0.25, 0.3) is 17.1 Å². The molecule has 0 spiro atoms. The molecule has 3 aromatic rings. The summed E-state index contributed by atoms with van der Waals surface area (Å²) in [5, 5.41) is 2.34. The van der Waals surface area contributed by atoms with Crippen LogP contribution in [0, 0.1) is 5.82 Å². The molecule has 7 nitrogen and oxygen atoms in total. The van der Waals surface area contributed by atoms with E-state index in [9.17, 15) is 18.8 Å². The molecule has 1 aliphatic heterocycles. The van der Waals surface area contributed by atoms with E-state index in [0.29, 0.717) is 33.8 Å². The quantitative estimate of drug-likeness (QED) is 0.263. The maximum Gasteiger partial charge on any atom is 0.293 e. The molecule has 1 aliphatic rings. The van der Waals surface area contributed by atoms with Crippen molar-refractivity contribution in [3.8, 4) is 11.5 Å². The average molecular weight is 620 g/mol.